The molecular formula is C24H48N2. The van der Waals surface area contributed by atoms with E-state index in [2.05, 4.69) is 27.7 Å². The molecule has 0 saturated heterocycles. The molecule has 154 valence electrons. The second-order valence-corrected chi connectivity index (χ2v) is 7.64. The van der Waals surface area contributed by atoms with E-state index in [4.69, 9.17) is 9.98 Å². The smallest absolute Gasteiger partial charge is 0.0388 e. The molecule has 0 radical (unpaired) electrons. The first kappa shape index (κ1) is 25.3. The Morgan fingerprint density at radius 2 is 0.769 bits per heavy atom. The van der Waals surface area contributed by atoms with Gasteiger partial charge in [-0.05, 0) is 38.5 Å². The van der Waals surface area contributed by atoms with Gasteiger partial charge in [0.1, 0.15) is 0 Å². The van der Waals surface area contributed by atoms with Gasteiger partial charge in [-0.1, -0.05) is 91.9 Å². The Morgan fingerprint density at radius 3 is 1.04 bits per heavy atom. The molecule has 0 aliphatic carbocycles. The zero-order valence-corrected chi connectivity index (χ0v) is 18.6. The number of hydrogen-bond donors (Lipinski definition) is 0. The van der Waals surface area contributed by atoms with Gasteiger partial charge in [0.05, 0.1) is 0 Å². The topological polar surface area (TPSA) is 24.7 Å². The Balaban J connectivity index is 3.34. The largest absolute Gasteiger partial charge is 0.294 e. The van der Waals surface area contributed by atoms with Crippen LogP contribution in [0, 0.1) is 0 Å². The molecule has 2 nitrogen and oxygen atoms in total. The van der Waals surface area contributed by atoms with Gasteiger partial charge in [0.15, 0.2) is 0 Å². The lowest BCUT2D eigenvalue weighted by molar-refractivity contribution is 0.554. The summed E-state index contributed by atoms with van der Waals surface area (Å²) in [6.45, 7) is 11.1. The van der Waals surface area contributed by atoms with E-state index >= 15 is 0 Å². The van der Waals surface area contributed by atoms with Gasteiger partial charge in [0.2, 0.25) is 0 Å². The summed E-state index contributed by atoms with van der Waals surface area (Å²) in [5, 5.41) is 0. The van der Waals surface area contributed by atoms with Gasteiger partial charge in [-0.25, -0.2) is 0 Å². The van der Waals surface area contributed by atoms with Crippen molar-refractivity contribution >= 4 is 11.4 Å². The van der Waals surface area contributed by atoms with Crippen LogP contribution in [-0.4, -0.2) is 24.5 Å². The fraction of sp³-hybridized carbons (Fsp3) is 0.917. The summed E-state index contributed by atoms with van der Waals surface area (Å²) in [6.07, 6.45) is 20.9. The van der Waals surface area contributed by atoms with Crippen LogP contribution in [0.3, 0.4) is 0 Å². The second-order valence-electron chi connectivity index (χ2n) is 7.64. The van der Waals surface area contributed by atoms with Crippen LogP contribution in [0.5, 0.6) is 0 Å². The summed E-state index contributed by atoms with van der Waals surface area (Å²) in [4.78, 5) is 9.50. The van der Waals surface area contributed by atoms with Gasteiger partial charge in [-0.2, -0.15) is 0 Å². The minimum Gasteiger partial charge on any atom is -0.294 e. The van der Waals surface area contributed by atoms with E-state index in [9.17, 15) is 0 Å². The Bertz CT molecular complexity index is 310. The lowest BCUT2D eigenvalue weighted by atomic mass is 10.1. The Labute approximate surface area is 165 Å². The van der Waals surface area contributed by atoms with Crippen LogP contribution >= 0.6 is 0 Å². The lowest BCUT2D eigenvalue weighted by Gasteiger charge is -2.04. The van der Waals surface area contributed by atoms with Gasteiger partial charge in [0.25, 0.3) is 0 Å². The normalized spacial score (nSPS) is 12.8. The molecule has 2 heteroatoms. The van der Waals surface area contributed by atoms with Crippen LogP contribution in [-0.2, 0) is 0 Å². The minimum absolute atomic E-state index is 1.06. The number of unbranched alkanes of at least 4 members (excludes halogenated alkanes) is 9. The van der Waals surface area contributed by atoms with E-state index in [1.165, 1.54) is 101 Å². The highest BCUT2D eigenvalue weighted by Gasteiger charge is 1.96. The highest BCUT2D eigenvalue weighted by atomic mass is 14.7. The fourth-order valence-electron chi connectivity index (χ4n) is 3.42. The third-order valence-electron chi connectivity index (χ3n) is 5.13. The molecular weight excluding hydrogens is 316 g/mol. The third-order valence-corrected chi connectivity index (χ3v) is 5.13. The van der Waals surface area contributed by atoms with Crippen molar-refractivity contribution in [3.8, 4) is 0 Å². The van der Waals surface area contributed by atoms with Crippen molar-refractivity contribution in [3.63, 3.8) is 0 Å². The molecule has 0 aliphatic rings. The molecule has 0 atom stereocenters. The van der Waals surface area contributed by atoms with Crippen molar-refractivity contribution in [2.45, 2.75) is 130 Å². The predicted octanol–water partition coefficient (Wildman–Crippen LogP) is 8.19. The van der Waals surface area contributed by atoms with E-state index < -0.39 is 0 Å². The molecule has 0 spiro atoms. The quantitative estimate of drug-likeness (QED) is 0.163. The molecule has 0 aromatic carbocycles. The van der Waals surface area contributed by atoms with Crippen LogP contribution in [0.15, 0.2) is 9.98 Å². The standard InChI is InChI=1S/C24H48N2/c1-5-19-23(7-3)25-21-17-15-13-11-9-10-12-14-16-18-22-26-24(8-4)20-6-2/h5-22H2,1-4H3. The van der Waals surface area contributed by atoms with Crippen molar-refractivity contribution in [2.75, 3.05) is 13.1 Å². The number of nitrogens with zero attached hydrogens (tertiary/aromatic N) is 2. The SMILES string of the molecule is CCCC(CC)=NCCCCCCCCCCCCN=C(CC)CCC. The van der Waals surface area contributed by atoms with Crippen molar-refractivity contribution in [2.24, 2.45) is 9.98 Å². The molecule has 0 heterocycles. The highest BCUT2D eigenvalue weighted by Crippen LogP contribution is 2.11. The first-order valence-electron chi connectivity index (χ1n) is 11.8. The molecule has 0 fully saturated rings. The summed E-state index contributed by atoms with van der Waals surface area (Å²) in [7, 11) is 0. The van der Waals surface area contributed by atoms with Crippen LogP contribution in [0.4, 0.5) is 0 Å². The molecule has 26 heavy (non-hydrogen) atoms. The van der Waals surface area contributed by atoms with E-state index in [-0.39, 0.29) is 0 Å². The van der Waals surface area contributed by atoms with Crippen molar-refractivity contribution in [3.05, 3.63) is 0 Å². The first-order valence-corrected chi connectivity index (χ1v) is 11.8. The monoisotopic (exact) mass is 364 g/mol. The van der Waals surface area contributed by atoms with Gasteiger partial charge < -0.3 is 0 Å². The van der Waals surface area contributed by atoms with Gasteiger partial charge in [-0.3, -0.25) is 9.98 Å². The van der Waals surface area contributed by atoms with E-state index in [0.29, 0.717) is 0 Å². The third kappa shape index (κ3) is 16.8. The number of aliphatic imine (C=N–C) groups is 2. The molecule has 0 rings (SSSR count). The zero-order valence-electron chi connectivity index (χ0n) is 18.6. The average molecular weight is 365 g/mol. The van der Waals surface area contributed by atoms with Crippen molar-refractivity contribution in [1.29, 1.82) is 0 Å². The van der Waals surface area contributed by atoms with Gasteiger partial charge >= 0.3 is 0 Å². The van der Waals surface area contributed by atoms with Gasteiger partial charge in [0, 0.05) is 24.5 Å². The molecule has 0 saturated carbocycles. The Hall–Kier alpha value is -0.660. The summed E-state index contributed by atoms with van der Waals surface area (Å²) < 4.78 is 0. The summed E-state index contributed by atoms with van der Waals surface area (Å²) >= 11 is 0. The predicted molar refractivity (Wildman–Crippen MR) is 121 cm³/mol. The molecule has 0 aromatic heterocycles. The molecule has 0 unspecified atom stereocenters. The Kier molecular flexibility index (Phi) is 20.1. The van der Waals surface area contributed by atoms with Crippen LogP contribution < -0.4 is 0 Å². The van der Waals surface area contributed by atoms with Crippen molar-refractivity contribution < 1.29 is 0 Å². The van der Waals surface area contributed by atoms with E-state index in [1.807, 2.05) is 0 Å². The zero-order chi connectivity index (χ0) is 19.3. The summed E-state index contributed by atoms with van der Waals surface area (Å²) in [5.41, 5.74) is 2.85. The van der Waals surface area contributed by atoms with Crippen LogP contribution in [0.1, 0.15) is 130 Å². The number of hydrogen-bond acceptors (Lipinski definition) is 2. The molecule has 0 aromatic rings. The maximum absolute atomic E-state index is 4.75. The van der Waals surface area contributed by atoms with Crippen molar-refractivity contribution in [1.82, 2.24) is 0 Å². The fourth-order valence-corrected chi connectivity index (χ4v) is 3.42. The molecule has 0 N–H and O–H groups in total. The minimum atomic E-state index is 1.06. The maximum atomic E-state index is 4.75. The second kappa shape index (κ2) is 20.6. The molecule has 0 amide bonds. The highest BCUT2D eigenvalue weighted by molar-refractivity contribution is 5.84. The first-order chi connectivity index (χ1) is 12.8. The Morgan fingerprint density at radius 1 is 0.462 bits per heavy atom. The van der Waals surface area contributed by atoms with Crippen LogP contribution in [0.25, 0.3) is 0 Å². The van der Waals surface area contributed by atoms with E-state index in [1.54, 1.807) is 0 Å². The summed E-state index contributed by atoms with van der Waals surface area (Å²) in [6, 6.07) is 0. The van der Waals surface area contributed by atoms with Gasteiger partial charge in [-0.15, -0.1) is 0 Å². The summed E-state index contributed by atoms with van der Waals surface area (Å²) in [5.74, 6) is 0. The van der Waals surface area contributed by atoms with Crippen LogP contribution in [0.2, 0.25) is 0 Å². The molecule has 0 aliphatic heterocycles. The average Bonchev–Trinajstić information content (AvgIpc) is 2.66. The maximum Gasteiger partial charge on any atom is 0.0388 e. The number of rotatable bonds is 19. The van der Waals surface area contributed by atoms with E-state index in [0.717, 1.165) is 25.9 Å². The lowest BCUT2D eigenvalue weighted by Crippen LogP contribution is -1.97. The molecule has 0 bridgehead atoms.